The first kappa shape index (κ1) is 25.1. The Labute approximate surface area is 206 Å². The zero-order chi connectivity index (χ0) is 23.2. The van der Waals surface area contributed by atoms with Gasteiger partial charge in [-0.2, -0.15) is 13.2 Å². The predicted molar refractivity (Wildman–Crippen MR) is 126 cm³/mol. The van der Waals surface area contributed by atoms with Crippen molar-refractivity contribution >= 4 is 24.2 Å². The molecule has 184 valence electrons. The van der Waals surface area contributed by atoms with Crippen LogP contribution in [-0.2, 0) is 13.2 Å². The minimum Gasteiger partial charge on any atom is -0.440 e. The lowest BCUT2D eigenvalue weighted by Crippen LogP contribution is -2.23. The third kappa shape index (κ3) is 4.72. The first-order chi connectivity index (χ1) is 15.8. The normalized spacial score (nSPS) is 22.3. The van der Waals surface area contributed by atoms with Gasteiger partial charge in [-0.15, -0.1) is 22.6 Å². The average molecular weight is 514 g/mol. The summed E-state index contributed by atoms with van der Waals surface area (Å²) in [4.78, 5) is 6.50. The van der Waals surface area contributed by atoms with Crippen LogP contribution in [0.2, 0.25) is 0 Å². The molecule has 1 saturated carbocycles. The van der Waals surface area contributed by atoms with Gasteiger partial charge in [0.15, 0.2) is 17.3 Å². The number of likely N-dealkylation sites (tertiary alicyclic amines) is 1. The van der Waals surface area contributed by atoms with E-state index in [0.29, 0.717) is 17.1 Å². The molecular weight excluding hydrogens is 487 g/mol. The van der Waals surface area contributed by atoms with Crippen LogP contribution in [0.3, 0.4) is 0 Å². The maximum atomic E-state index is 13.4. The first-order valence-electron chi connectivity index (χ1n) is 11.1. The van der Waals surface area contributed by atoms with Crippen molar-refractivity contribution < 1.29 is 17.6 Å². The average Bonchev–Trinajstić information content (AvgIpc) is 3.05. The number of rotatable bonds is 7. The van der Waals surface area contributed by atoms with Crippen LogP contribution in [0.25, 0.3) is 11.6 Å². The van der Waals surface area contributed by atoms with Gasteiger partial charge in [-0.25, -0.2) is 4.98 Å². The molecule has 1 saturated heterocycles. The molecule has 1 aromatic carbocycles. The number of hydrogen-bond acceptors (Lipinski definition) is 6. The summed E-state index contributed by atoms with van der Waals surface area (Å²) in [7, 11) is 1.91. The van der Waals surface area contributed by atoms with Crippen molar-refractivity contribution in [2.24, 2.45) is 12.5 Å². The van der Waals surface area contributed by atoms with Gasteiger partial charge in [-0.05, 0) is 62.2 Å². The number of oxazole rings is 1. The van der Waals surface area contributed by atoms with Gasteiger partial charge in [0.25, 0.3) is 0 Å². The zero-order valence-corrected chi connectivity index (χ0v) is 20.6. The number of thioether (sulfide) groups is 1. The highest BCUT2D eigenvalue weighted by molar-refractivity contribution is 7.99. The van der Waals surface area contributed by atoms with Crippen LogP contribution in [0.5, 0.6) is 0 Å². The molecule has 0 N–H and O–H groups in total. The van der Waals surface area contributed by atoms with Gasteiger partial charge in [0.2, 0.25) is 5.82 Å². The summed E-state index contributed by atoms with van der Waals surface area (Å²) >= 11 is 1.65. The molecule has 1 aliphatic heterocycles. The molecule has 0 radical (unpaired) electrons. The number of aryl methyl sites for hydroxylation is 1. The lowest BCUT2D eigenvalue weighted by molar-refractivity contribution is -0.138. The van der Waals surface area contributed by atoms with E-state index in [2.05, 4.69) is 20.1 Å². The summed E-state index contributed by atoms with van der Waals surface area (Å²) in [5.41, 5.74) is 0.802. The minimum absolute atomic E-state index is 0. The molecule has 1 spiro atoms. The molecule has 2 aromatic heterocycles. The highest BCUT2D eigenvalue weighted by Gasteiger charge is 2.59. The fourth-order valence-corrected chi connectivity index (χ4v) is 5.91. The molecule has 6 nitrogen and oxygen atoms in total. The van der Waals surface area contributed by atoms with E-state index in [0.717, 1.165) is 55.5 Å². The van der Waals surface area contributed by atoms with Crippen LogP contribution in [0.4, 0.5) is 13.2 Å². The van der Waals surface area contributed by atoms with Gasteiger partial charge in [0.1, 0.15) is 0 Å². The smallest absolute Gasteiger partial charge is 0.416 e. The number of aromatic nitrogens is 4. The second-order valence-electron chi connectivity index (χ2n) is 9.06. The van der Waals surface area contributed by atoms with Crippen molar-refractivity contribution in [3.05, 3.63) is 47.5 Å². The first-order valence-corrected chi connectivity index (χ1v) is 12.1. The van der Waals surface area contributed by atoms with Crippen molar-refractivity contribution in [2.75, 3.05) is 25.4 Å². The highest BCUT2D eigenvalue weighted by Crippen LogP contribution is 2.65. The van der Waals surface area contributed by atoms with E-state index < -0.39 is 11.7 Å². The van der Waals surface area contributed by atoms with Crippen molar-refractivity contribution in [1.29, 1.82) is 0 Å². The minimum atomic E-state index is -4.29. The molecule has 3 aromatic rings. The van der Waals surface area contributed by atoms with E-state index in [1.165, 1.54) is 18.5 Å². The van der Waals surface area contributed by atoms with E-state index in [1.807, 2.05) is 18.5 Å². The molecule has 5 rings (SSSR count). The fourth-order valence-electron chi connectivity index (χ4n) is 5.08. The second-order valence-corrected chi connectivity index (χ2v) is 10.1. The SMILES string of the molecule is Cc1ncoc1-c1nnc(SCCCN2CC[C@@]3(C[C@@H]3c3ccccc3C(F)(F)F)C2)n1C.Cl. The summed E-state index contributed by atoms with van der Waals surface area (Å²) < 4.78 is 47.6. The highest BCUT2D eigenvalue weighted by atomic mass is 35.5. The third-order valence-corrected chi connectivity index (χ3v) is 8.04. The zero-order valence-electron chi connectivity index (χ0n) is 19.0. The Hall–Kier alpha value is -2.04. The summed E-state index contributed by atoms with van der Waals surface area (Å²) in [5.74, 6) is 2.20. The maximum absolute atomic E-state index is 13.4. The van der Waals surface area contributed by atoms with Crippen LogP contribution in [0.15, 0.2) is 40.2 Å². The van der Waals surface area contributed by atoms with E-state index in [-0.39, 0.29) is 23.7 Å². The number of benzene rings is 1. The van der Waals surface area contributed by atoms with Crippen molar-refractivity contribution in [3.8, 4) is 11.6 Å². The fraction of sp³-hybridized carbons (Fsp3) is 0.522. The Balaban J connectivity index is 0.00000274. The lowest BCUT2D eigenvalue weighted by atomic mass is 9.95. The van der Waals surface area contributed by atoms with Crippen LogP contribution >= 0.6 is 24.2 Å². The molecule has 34 heavy (non-hydrogen) atoms. The summed E-state index contributed by atoms with van der Waals surface area (Å²) in [5, 5.41) is 9.33. The topological polar surface area (TPSA) is 60.0 Å². The number of alkyl halides is 3. The molecule has 2 atom stereocenters. The van der Waals surface area contributed by atoms with E-state index in [4.69, 9.17) is 4.42 Å². The maximum Gasteiger partial charge on any atom is 0.416 e. The van der Waals surface area contributed by atoms with Gasteiger partial charge in [0.05, 0.1) is 11.3 Å². The molecule has 0 bridgehead atoms. The van der Waals surface area contributed by atoms with Crippen molar-refractivity contribution in [2.45, 2.75) is 43.4 Å². The molecular formula is C23H27ClF3N5OS. The van der Waals surface area contributed by atoms with Crippen molar-refractivity contribution in [1.82, 2.24) is 24.6 Å². The van der Waals surface area contributed by atoms with Crippen LogP contribution < -0.4 is 0 Å². The molecule has 3 heterocycles. The summed E-state index contributed by atoms with van der Waals surface area (Å²) in [6, 6.07) is 6.08. The van der Waals surface area contributed by atoms with Crippen molar-refractivity contribution in [3.63, 3.8) is 0 Å². The van der Waals surface area contributed by atoms with E-state index >= 15 is 0 Å². The molecule has 2 aliphatic rings. The Morgan fingerprint density at radius 3 is 2.76 bits per heavy atom. The standard InChI is InChI=1S/C23H26F3N5OS.ClH/c1-15-19(32-14-27-15)20-28-29-21(30(20)2)33-11-5-9-31-10-8-22(13-31)12-18(22)16-6-3-4-7-17(16)23(24,25)26;/h3-4,6-7,14,18H,5,8-13H2,1-2H3;1H/t18-,22-;/m1./s1. The molecule has 11 heteroatoms. The Kier molecular flexibility index (Phi) is 7.04. The second kappa shape index (κ2) is 9.54. The number of halogens is 4. The van der Waals surface area contributed by atoms with E-state index in [1.54, 1.807) is 23.9 Å². The molecule has 0 amide bonds. The predicted octanol–water partition coefficient (Wildman–Crippen LogP) is 5.58. The molecule has 1 aliphatic carbocycles. The number of hydrogen-bond donors (Lipinski definition) is 0. The van der Waals surface area contributed by atoms with Gasteiger partial charge >= 0.3 is 6.18 Å². The van der Waals surface area contributed by atoms with Gasteiger partial charge in [0, 0.05) is 19.3 Å². The summed E-state index contributed by atoms with van der Waals surface area (Å²) in [6.07, 6.45) is -0.0781. The number of nitrogens with zero attached hydrogens (tertiary/aromatic N) is 5. The van der Waals surface area contributed by atoms with Crippen LogP contribution in [-0.4, -0.2) is 50.0 Å². The summed E-state index contributed by atoms with van der Waals surface area (Å²) in [6.45, 7) is 4.64. The molecule has 0 unspecified atom stereocenters. The third-order valence-electron chi connectivity index (χ3n) is 6.93. The van der Waals surface area contributed by atoms with Gasteiger partial charge < -0.3 is 13.9 Å². The molecule has 2 fully saturated rings. The largest absolute Gasteiger partial charge is 0.440 e. The Morgan fingerprint density at radius 1 is 1.24 bits per heavy atom. The van der Waals surface area contributed by atoms with Crippen LogP contribution in [0, 0.1) is 12.3 Å². The quantitative estimate of drug-likeness (QED) is 0.303. The Morgan fingerprint density at radius 2 is 2.03 bits per heavy atom. The Bertz CT molecular complexity index is 1150. The van der Waals surface area contributed by atoms with Crippen LogP contribution in [0.1, 0.15) is 42.0 Å². The van der Waals surface area contributed by atoms with Gasteiger partial charge in [-0.3, -0.25) is 0 Å². The monoisotopic (exact) mass is 513 g/mol. The van der Waals surface area contributed by atoms with Gasteiger partial charge in [-0.1, -0.05) is 30.0 Å². The lowest BCUT2D eigenvalue weighted by Gasteiger charge is -2.17. The van der Waals surface area contributed by atoms with E-state index in [9.17, 15) is 13.2 Å².